The summed E-state index contributed by atoms with van der Waals surface area (Å²) in [6.45, 7) is 1.30. The lowest BCUT2D eigenvalue weighted by Crippen LogP contribution is -2.62. The van der Waals surface area contributed by atoms with E-state index in [1.54, 1.807) is 7.11 Å². The first-order valence-corrected chi connectivity index (χ1v) is 6.90. The lowest BCUT2D eigenvalue weighted by atomic mass is 9.64. The van der Waals surface area contributed by atoms with E-state index in [1.807, 2.05) is 18.2 Å². The summed E-state index contributed by atoms with van der Waals surface area (Å²) in [6.07, 6.45) is 2.30. The van der Waals surface area contributed by atoms with Crippen LogP contribution in [0.5, 0.6) is 0 Å². The SMILES string of the molecule is COCC12CCCN1c1ccccc1CC2(C#N)C#N. The van der Waals surface area contributed by atoms with Crippen molar-refractivity contribution in [1.82, 2.24) is 0 Å². The van der Waals surface area contributed by atoms with Gasteiger partial charge in [0.15, 0.2) is 5.41 Å². The van der Waals surface area contributed by atoms with Gasteiger partial charge in [-0.25, -0.2) is 0 Å². The van der Waals surface area contributed by atoms with Gasteiger partial charge in [-0.05, 0) is 24.5 Å². The van der Waals surface area contributed by atoms with Crippen LogP contribution < -0.4 is 4.90 Å². The van der Waals surface area contributed by atoms with Crippen molar-refractivity contribution in [2.45, 2.75) is 24.8 Å². The molecule has 1 aromatic carbocycles. The molecule has 4 heteroatoms. The Morgan fingerprint density at radius 2 is 2.05 bits per heavy atom. The number of ether oxygens (including phenoxy) is 1. The van der Waals surface area contributed by atoms with Gasteiger partial charge in [0, 0.05) is 25.8 Å². The van der Waals surface area contributed by atoms with Gasteiger partial charge in [-0.3, -0.25) is 0 Å². The predicted octanol–water partition coefficient (Wildman–Crippen LogP) is 2.26. The topological polar surface area (TPSA) is 60.0 Å². The molecule has 0 amide bonds. The number of anilines is 1. The maximum Gasteiger partial charge on any atom is 0.173 e. The smallest absolute Gasteiger partial charge is 0.173 e. The molecule has 1 atom stereocenters. The number of rotatable bonds is 2. The van der Waals surface area contributed by atoms with E-state index >= 15 is 0 Å². The van der Waals surface area contributed by atoms with Crippen LogP contribution in [0.1, 0.15) is 18.4 Å². The molecule has 4 nitrogen and oxygen atoms in total. The van der Waals surface area contributed by atoms with E-state index in [1.165, 1.54) is 0 Å². The molecule has 0 bridgehead atoms. The molecule has 3 rings (SSSR count). The third kappa shape index (κ3) is 1.43. The van der Waals surface area contributed by atoms with Crippen LogP contribution in [0.2, 0.25) is 0 Å². The fourth-order valence-electron chi connectivity index (χ4n) is 3.87. The molecule has 1 aromatic rings. The molecule has 0 aromatic heterocycles. The Hall–Kier alpha value is -2.04. The van der Waals surface area contributed by atoms with Crippen LogP contribution in [0.15, 0.2) is 24.3 Å². The number of nitriles is 2. The summed E-state index contributed by atoms with van der Waals surface area (Å²) >= 11 is 0. The van der Waals surface area contributed by atoms with Crippen molar-refractivity contribution in [1.29, 1.82) is 10.5 Å². The van der Waals surface area contributed by atoms with Gasteiger partial charge >= 0.3 is 0 Å². The van der Waals surface area contributed by atoms with Crippen molar-refractivity contribution in [3.05, 3.63) is 29.8 Å². The molecule has 2 aliphatic heterocycles. The molecule has 1 fully saturated rings. The largest absolute Gasteiger partial charge is 0.382 e. The quantitative estimate of drug-likeness (QED) is 0.824. The Bertz CT molecular complexity index is 599. The van der Waals surface area contributed by atoms with Gasteiger partial charge < -0.3 is 9.64 Å². The number of para-hydroxylation sites is 1. The van der Waals surface area contributed by atoms with Crippen LogP contribution in [0.25, 0.3) is 0 Å². The first kappa shape index (κ1) is 13.0. The van der Waals surface area contributed by atoms with Crippen LogP contribution in [0.3, 0.4) is 0 Å². The minimum absolute atomic E-state index is 0.419. The van der Waals surface area contributed by atoms with Gasteiger partial charge in [-0.2, -0.15) is 10.5 Å². The number of hydrogen-bond donors (Lipinski definition) is 0. The van der Waals surface area contributed by atoms with Crippen molar-refractivity contribution in [2.75, 3.05) is 25.2 Å². The maximum atomic E-state index is 9.75. The highest BCUT2D eigenvalue weighted by Crippen LogP contribution is 2.52. The average Bonchev–Trinajstić information content (AvgIpc) is 2.92. The lowest BCUT2D eigenvalue weighted by Gasteiger charge is -2.50. The van der Waals surface area contributed by atoms with Gasteiger partial charge in [0.2, 0.25) is 0 Å². The van der Waals surface area contributed by atoms with Crippen LogP contribution in [0, 0.1) is 28.1 Å². The van der Waals surface area contributed by atoms with Crippen molar-refractivity contribution >= 4 is 5.69 Å². The highest BCUT2D eigenvalue weighted by Gasteiger charge is 2.61. The molecule has 0 N–H and O–H groups in total. The minimum Gasteiger partial charge on any atom is -0.382 e. The maximum absolute atomic E-state index is 9.75. The molecule has 2 aliphatic rings. The summed E-state index contributed by atoms with van der Waals surface area (Å²) in [6, 6.07) is 12.7. The Labute approximate surface area is 119 Å². The van der Waals surface area contributed by atoms with E-state index in [9.17, 15) is 10.5 Å². The second-order valence-electron chi connectivity index (χ2n) is 5.65. The minimum atomic E-state index is -1.03. The van der Waals surface area contributed by atoms with Gasteiger partial charge in [0.1, 0.15) is 0 Å². The molecule has 1 unspecified atom stereocenters. The average molecular weight is 267 g/mol. The van der Waals surface area contributed by atoms with Crippen molar-refractivity contribution < 1.29 is 4.74 Å². The fourth-order valence-corrected chi connectivity index (χ4v) is 3.87. The van der Waals surface area contributed by atoms with Crippen molar-refractivity contribution in [2.24, 2.45) is 5.41 Å². The van der Waals surface area contributed by atoms with E-state index in [0.29, 0.717) is 13.0 Å². The Morgan fingerprint density at radius 1 is 1.30 bits per heavy atom. The second kappa shape index (κ2) is 4.51. The lowest BCUT2D eigenvalue weighted by molar-refractivity contribution is 0.0846. The highest BCUT2D eigenvalue weighted by molar-refractivity contribution is 5.63. The zero-order chi connectivity index (χ0) is 14.2. The van der Waals surface area contributed by atoms with E-state index < -0.39 is 11.0 Å². The monoisotopic (exact) mass is 267 g/mol. The van der Waals surface area contributed by atoms with Crippen LogP contribution >= 0.6 is 0 Å². The van der Waals surface area contributed by atoms with Crippen molar-refractivity contribution in [3.63, 3.8) is 0 Å². The van der Waals surface area contributed by atoms with Crippen LogP contribution in [-0.2, 0) is 11.2 Å². The van der Waals surface area contributed by atoms with E-state index in [0.717, 1.165) is 30.6 Å². The molecule has 0 aliphatic carbocycles. The normalized spacial score (nSPS) is 26.2. The summed E-state index contributed by atoms with van der Waals surface area (Å²) in [7, 11) is 1.64. The van der Waals surface area contributed by atoms with E-state index in [-0.39, 0.29) is 0 Å². The highest BCUT2D eigenvalue weighted by atomic mass is 16.5. The van der Waals surface area contributed by atoms with Gasteiger partial charge in [0.05, 0.1) is 24.3 Å². The Morgan fingerprint density at radius 3 is 2.75 bits per heavy atom. The molecule has 102 valence electrons. The standard InChI is InChI=1S/C16H17N3O/c1-20-12-16-7-4-8-19(16)14-6-3-2-5-13(14)9-15(16,10-17)11-18/h2-3,5-6H,4,7-9,12H2,1H3. The van der Waals surface area contributed by atoms with Gasteiger partial charge in [-0.15, -0.1) is 0 Å². The zero-order valence-electron chi connectivity index (χ0n) is 11.6. The molecular formula is C16H17N3O. The molecule has 20 heavy (non-hydrogen) atoms. The third-order valence-corrected chi connectivity index (χ3v) is 4.79. The molecule has 0 saturated carbocycles. The third-order valence-electron chi connectivity index (χ3n) is 4.79. The Balaban J connectivity index is 2.24. The van der Waals surface area contributed by atoms with Gasteiger partial charge in [0.25, 0.3) is 0 Å². The van der Waals surface area contributed by atoms with Crippen LogP contribution in [-0.4, -0.2) is 25.8 Å². The zero-order valence-corrected chi connectivity index (χ0v) is 11.6. The molecule has 0 spiro atoms. The number of fused-ring (bicyclic) bond motifs is 3. The summed E-state index contributed by atoms with van der Waals surface area (Å²) in [5.41, 5.74) is 0.695. The summed E-state index contributed by atoms with van der Waals surface area (Å²) in [4.78, 5) is 2.24. The fraction of sp³-hybridized carbons (Fsp3) is 0.500. The van der Waals surface area contributed by atoms with E-state index in [2.05, 4.69) is 23.1 Å². The first-order chi connectivity index (χ1) is 9.73. The molecular weight excluding hydrogens is 250 g/mol. The molecule has 2 heterocycles. The predicted molar refractivity (Wildman–Crippen MR) is 75.0 cm³/mol. The second-order valence-corrected chi connectivity index (χ2v) is 5.65. The van der Waals surface area contributed by atoms with E-state index in [4.69, 9.17) is 4.74 Å². The number of methoxy groups -OCH3 is 1. The number of hydrogen-bond acceptors (Lipinski definition) is 4. The van der Waals surface area contributed by atoms with Gasteiger partial charge in [-0.1, -0.05) is 18.2 Å². The summed E-state index contributed by atoms with van der Waals surface area (Å²) < 4.78 is 5.42. The van der Waals surface area contributed by atoms with Crippen molar-refractivity contribution in [3.8, 4) is 12.1 Å². The summed E-state index contributed by atoms with van der Waals surface area (Å²) in [5.74, 6) is 0. The molecule has 0 radical (unpaired) electrons. The first-order valence-electron chi connectivity index (χ1n) is 6.90. The summed E-state index contributed by atoms with van der Waals surface area (Å²) in [5, 5.41) is 19.5. The van der Waals surface area contributed by atoms with Crippen LogP contribution in [0.4, 0.5) is 5.69 Å². The Kier molecular flexibility index (Phi) is 2.92. The number of benzene rings is 1. The number of nitrogens with zero attached hydrogens (tertiary/aromatic N) is 3. The molecule has 1 saturated heterocycles.